The number of amides is 2. The molecule has 0 aromatic heterocycles. The standard InChI is InChI=1S/C16H15ClN2O2/c17-13-9-5-4-8-12(13)10-14(20)19-15(16(18)21)11-6-2-1-3-7-11/h1-9,15H,10H2,(H2,18,21)(H,19,20). The lowest BCUT2D eigenvalue weighted by atomic mass is 10.1. The van der Waals surface area contributed by atoms with Gasteiger partial charge in [0, 0.05) is 5.02 Å². The Kier molecular flexibility index (Phi) is 4.95. The molecule has 2 aromatic carbocycles. The van der Waals surface area contributed by atoms with Crippen LogP contribution in [-0.4, -0.2) is 11.8 Å². The summed E-state index contributed by atoms with van der Waals surface area (Å²) in [6, 6.07) is 15.1. The molecule has 1 unspecified atom stereocenters. The Bertz CT molecular complexity index is 644. The van der Waals surface area contributed by atoms with Gasteiger partial charge in [-0.2, -0.15) is 0 Å². The molecule has 0 spiro atoms. The van der Waals surface area contributed by atoms with Gasteiger partial charge in [-0.05, 0) is 17.2 Å². The van der Waals surface area contributed by atoms with Crippen LogP contribution in [0.15, 0.2) is 54.6 Å². The largest absolute Gasteiger partial charge is 0.368 e. The van der Waals surface area contributed by atoms with Crippen molar-refractivity contribution in [2.24, 2.45) is 5.73 Å². The van der Waals surface area contributed by atoms with Crippen molar-refractivity contribution in [3.05, 3.63) is 70.7 Å². The highest BCUT2D eigenvalue weighted by Crippen LogP contribution is 2.17. The van der Waals surface area contributed by atoms with Gasteiger partial charge >= 0.3 is 0 Å². The number of primary amides is 1. The number of halogens is 1. The molecular weight excluding hydrogens is 288 g/mol. The second-order valence-corrected chi connectivity index (χ2v) is 4.99. The van der Waals surface area contributed by atoms with Crippen molar-refractivity contribution in [2.45, 2.75) is 12.5 Å². The van der Waals surface area contributed by atoms with Crippen LogP contribution in [0.1, 0.15) is 17.2 Å². The maximum atomic E-state index is 12.1. The zero-order chi connectivity index (χ0) is 15.2. The van der Waals surface area contributed by atoms with Crippen molar-refractivity contribution in [3.63, 3.8) is 0 Å². The number of hydrogen-bond donors (Lipinski definition) is 2. The van der Waals surface area contributed by atoms with Gasteiger partial charge in [-0.1, -0.05) is 60.1 Å². The predicted molar refractivity (Wildman–Crippen MR) is 81.7 cm³/mol. The Morgan fingerprint density at radius 2 is 1.67 bits per heavy atom. The highest BCUT2D eigenvalue weighted by molar-refractivity contribution is 6.31. The van der Waals surface area contributed by atoms with Crippen molar-refractivity contribution in [2.75, 3.05) is 0 Å². The summed E-state index contributed by atoms with van der Waals surface area (Å²) in [4.78, 5) is 23.6. The molecule has 0 aliphatic carbocycles. The Labute approximate surface area is 127 Å². The van der Waals surface area contributed by atoms with Gasteiger partial charge in [0.2, 0.25) is 11.8 Å². The minimum absolute atomic E-state index is 0.0935. The molecule has 108 valence electrons. The molecular formula is C16H15ClN2O2. The van der Waals surface area contributed by atoms with E-state index in [1.807, 2.05) is 6.07 Å². The van der Waals surface area contributed by atoms with Gasteiger partial charge in [0.15, 0.2) is 0 Å². The Morgan fingerprint density at radius 1 is 1.05 bits per heavy atom. The second kappa shape index (κ2) is 6.90. The predicted octanol–water partition coefficient (Wildman–Crippen LogP) is 2.23. The molecule has 3 N–H and O–H groups in total. The van der Waals surface area contributed by atoms with E-state index in [1.165, 1.54) is 0 Å². The molecule has 0 aliphatic heterocycles. The Hall–Kier alpha value is -2.33. The summed E-state index contributed by atoms with van der Waals surface area (Å²) in [6.45, 7) is 0. The molecule has 21 heavy (non-hydrogen) atoms. The maximum absolute atomic E-state index is 12.1. The molecule has 2 rings (SSSR count). The minimum Gasteiger partial charge on any atom is -0.368 e. The summed E-state index contributed by atoms with van der Waals surface area (Å²) in [5.41, 5.74) is 6.71. The van der Waals surface area contributed by atoms with Gasteiger partial charge in [0.05, 0.1) is 6.42 Å². The van der Waals surface area contributed by atoms with Crippen LogP contribution >= 0.6 is 11.6 Å². The van der Waals surface area contributed by atoms with Gasteiger partial charge < -0.3 is 11.1 Å². The molecule has 0 aliphatic rings. The summed E-state index contributed by atoms with van der Waals surface area (Å²) >= 11 is 6.01. The van der Waals surface area contributed by atoms with Crippen LogP contribution in [-0.2, 0) is 16.0 Å². The van der Waals surface area contributed by atoms with Crippen LogP contribution in [0, 0.1) is 0 Å². The van der Waals surface area contributed by atoms with Gasteiger partial charge in [0.1, 0.15) is 6.04 Å². The summed E-state index contributed by atoms with van der Waals surface area (Å²) in [5, 5.41) is 3.15. The number of nitrogens with one attached hydrogen (secondary N) is 1. The van der Waals surface area contributed by atoms with E-state index in [2.05, 4.69) is 5.32 Å². The first kappa shape index (κ1) is 15.1. The molecule has 0 fully saturated rings. The average molecular weight is 303 g/mol. The van der Waals surface area contributed by atoms with E-state index in [1.54, 1.807) is 48.5 Å². The maximum Gasteiger partial charge on any atom is 0.244 e. The van der Waals surface area contributed by atoms with Gasteiger partial charge in [0.25, 0.3) is 0 Å². The molecule has 4 nitrogen and oxygen atoms in total. The fraction of sp³-hybridized carbons (Fsp3) is 0.125. The average Bonchev–Trinajstić information content (AvgIpc) is 2.48. The SMILES string of the molecule is NC(=O)C(NC(=O)Cc1ccccc1Cl)c1ccccc1. The van der Waals surface area contributed by atoms with Gasteiger partial charge in [-0.3, -0.25) is 9.59 Å². The van der Waals surface area contributed by atoms with E-state index in [-0.39, 0.29) is 12.3 Å². The molecule has 0 heterocycles. The fourth-order valence-corrected chi connectivity index (χ4v) is 2.19. The van der Waals surface area contributed by atoms with Crippen LogP contribution in [0.5, 0.6) is 0 Å². The van der Waals surface area contributed by atoms with Gasteiger partial charge in [-0.25, -0.2) is 0 Å². The van der Waals surface area contributed by atoms with E-state index in [9.17, 15) is 9.59 Å². The van der Waals surface area contributed by atoms with Crippen LogP contribution < -0.4 is 11.1 Å². The highest BCUT2D eigenvalue weighted by atomic mass is 35.5. The number of hydrogen-bond acceptors (Lipinski definition) is 2. The quantitative estimate of drug-likeness (QED) is 0.889. The van der Waals surface area contributed by atoms with Crippen LogP contribution in [0.3, 0.4) is 0 Å². The monoisotopic (exact) mass is 302 g/mol. The van der Waals surface area contributed by atoms with E-state index in [0.717, 1.165) is 0 Å². The number of rotatable bonds is 5. The zero-order valence-electron chi connectivity index (χ0n) is 11.3. The second-order valence-electron chi connectivity index (χ2n) is 4.58. The first-order chi connectivity index (χ1) is 10.1. The smallest absolute Gasteiger partial charge is 0.244 e. The van der Waals surface area contributed by atoms with E-state index in [0.29, 0.717) is 16.1 Å². The Morgan fingerprint density at radius 3 is 2.29 bits per heavy atom. The number of benzene rings is 2. The number of carbonyl (C=O) groups excluding carboxylic acids is 2. The third kappa shape index (κ3) is 4.07. The molecule has 1 atom stereocenters. The third-order valence-electron chi connectivity index (χ3n) is 3.03. The van der Waals surface area contributed by atoms with E-state index in [4.69, 9.17) is 17.3 Å². The Balaban J connectivity index is 2.10. The van der Waals surface area contributed by atoms with E-state index < -0.39 is 11.9 Å². The first-order valence-electron chi connectivity index (χ1n) is 6.45. The van der Waals surface area contributed by atoms with Crippen molar-refractivity contribution in [1.82, 2.24) is 5.32 Å². The summed E-state index contributed by atoms with van der Waals surface area (Å²) in [5.74, 6) is -0.913. The van der Waals surface area contributed by atoms with Crippen LogP contribution in [0.25, 0.3) is 0 Å². The molecule has 0 radical (unpaired) electrons. The molecule has 2 amide bonds. The normalized spacial score (nSPS) is 11.7. The minimum atomic E-state index is -0.846. The van der Waals surface area contributed by atoms with Crippen LogP contribution in [0.2, 0.25) is 5.02 Å². The lowest BCUT2D eigenvalue weighted by Gasteiger charge is -2.16. The lowest BCUT2D eigenvalue weighted by Crippen LogP contribution is -2.38. The summed E-state index contributed by atoms with van der Waals surface area (Å²) < 4.78 is 0. The van der Waals surface area contributed by atoms with Crippen LogP contribution in [0.4, 0.5) is 0 Å². The number of nitrogens with two attached hydrogens (primary N) is 1. The van der Waals surface area contributed by atoms with Crippen molar-refractivity contribution < 1.29 is 9.59 Å². The molecule has 5 heteroatoms. The molecule has 0 saturated heterocycles. The van der Waals surface area contributed by atoms with Crippen molar-refractivity contribution >= 4 is 23.4 Å². The molecule has 0 bridgehead atoms. The molecule has 0 saturated carbocycles. The number of carbonyl (C=O) groups is 2. The van der Waals surface area contributed by atoms with Crippen molar-refractivity contribution in [1.29, 1.82) is 0 Å². The first-order valence-corrected chi connectivity index (χ1v) is 6.83. The summed E-state index contributed by atoms with van der Waals surface area (Å²) in [6.07, 6.45) is 0.0935. The van der Waals surface area contributed by atoms with Crippen molar-refractivity contribution in [3.8, 4) is 0 Å². The lowest BCUT2D eigenvalue weighted by molar-refractivity contribution is -0.127. The summed E-state index contributed by atoms with van der Waals surface area (Å²) in [7, 11) is 0. The van der Waals surface area contributed by atoms with E-state index >= 15 is 0 Å². The van der Waals surface area contributed by atoms with Gasteiger partial charge in [-0.15, -0.1) is 0 Å². The molecule has 2 aromatic rings. The topological polar surface area (TPSA) is 72.2 Å². The zero-order valence-corrected chi connectivity index (χ0v) is 12.0. The fourth-order valence-electron chi connectivity index (χ4n) is 1.99. The highest BCUT2D eigenvalue weighted by Gasteiger charge is 2.20. The third-order valence-corrected chi connectivity index (χ3v) is 3.40.